The van der Waals surface area contributed by atoms with E-state index in [1.807, 2.05) is 0 Å². The van der Waals surface area contributed by atoms with Crippen LogP contribution in [0.2, 0.25) is 4.82 Å². The molecule has 0 spiro atoms. The first-order chi connectivity index (χ1) is 3.83. The maximum atomic E-state index is 2.77. The van der Waals surface area contributed by atoms with Crippen molar-refractivity contribution in [3.63, 3.8) is 0 Å². The van der Waals surface area contributed by atoms with Crippen LogP contribution >= 0.6 is 11.8 Å². The van der Waals surface area contributed by atoms with E-state index in [1.54, 1.807) is 0 Å². The fourth-order valence-electron chi connectivity index (χ4n) is 0.674. The van der Waals surface area contributed by atoms with Crippen LogP contribution in [0.1, 0.15) is 19.8 Å². The zero-order valence-corrected chi connectivity index (χ0v) is 7.82. The summed E-state index contributed by atoms with van der Waals surface area (Å²) in [5, 5.41) is 1.03. The van der Waals surface area contributed by atoms with Crippen LogP contribution in [0.4, 0.5) is 0 Å². The van der Waals surface area contributed by atoms with Gasteiger partial charge in [-0.25, -0.2) is 0 Å². The average molecular weight is 195 g/mol. The Morgan fingerprint density at radius 1 is 1.88 bits per heavy atom. The number of hydrogen-bond donors (Lipinski definition) is 0. The molecule has 2 unspecified atom stereocenters. The molecule has 1 aliphatic rings. The van der Waals surface area contributed by atoms with Crippen molar-refractivity contribution in [2.24, 2.45) is 0 Å². The second-order valence-corrected chi connectivity index (χ2v) is 5.12. The monoisotopic (exact) mass is 196 g/mol. The number of thioether (sulfide) groups is 1. The fraction of sp³-hybridized carbons (Fsp3) is 1.00. The molecule has 48 valence electrons. The van der Waals surface area contributed by atoms with Crippen molar-refractivity contribution >= 4 is 27.8 Å². The van der Waals surface area contributed by atoms with Gasteiger partial charge in [0.15, 0.2) is 0 Å². The molecule has 1 heterocycles. The van der Waals surface area contributed by atoms with Gasteiger partial charge < -0.3 is 0 Å². The van der Waals surface area contributed by atoms with Gasteiger partial charge in [0.05, 0.1) is 0 Å². The number of rotatable bonds is 3. The maximum absolute atomic E-state index is 2.77. The molecule has 8 heavy (non-hydrogen) atoms. The van der Waals surface area contributed by atoms with Gasteiger partial charge in [0.2, 0.25) is 0 Å². The fourth-order valence-corrected chi connectivity index (χ4v) is 2.16. The van der Waals surface area contributed by atoms with E-state index in [0.29, 0.717) is 0 Å². The topological polar surface area (TPSA) is 0 Å². The van der Waals surface area contributed by atoms with Gasteiger partial charge in [0.25, 0.3) is 0 Å². The normalized spacial score (nSPS) is 30.0. The first-order valence-electron chi connectivity index (χ1n) is 3.12. The predicted octanol–water partition coefficient (Wildman–Crippen LogP) is 1.59. The van der Waals surface area contributed by atoms with E-state index >= 15 is 0 Å². The SMILES string of the molecule is CCC([SeH])CC1CS1. The Kier molecular flexibility index (Phi) is 2.74. The Morgan fingerprint density at radius 2 is 2.50 bits per heavy atom. The summed E-state index contributed by atoms with van der Waals surface area (Å²) < 4.78 is 0. The van der Waals surface area contributed by atoms with Crippen molar-refractivity contribution in [2.75, 3.05) is 5.75 Å². The molecule has 0 nitrogen and oxygen atoms in total. The van der Waals surface area contributed by atoms with Crippen LogP contribution in [0.3, 0.4) is 0 Å². The van der Waals surface area contributed by atoms with Crippen molar-refractivity contribution in [1.82, 2.24) is 0 Å². The third kappa shape index (κ3) is 2.43. The molecule has 0 amide bonds. The molecule has 0 N–H and O–H groups in total. The summed E-state index contributed by atoms with van der Waals surface area (Å²) in [6.07, 6.45) is 2.76. The van der Waals surface area contributed by atoms with Gasteiger partial charge in [-0.1, -0.05) is 0 Å². The van der Waals surface area contributed by atoms with Crippen LogP contribution in [0.5, 0.6) is 0 Å². The summed E-state index contributed by atoms with van der Waals surface area (Å²) in [5.74, 6) is 1.42. The van der Waals surface area contributed by atoms with E-state index in [9.17, 15) is 0 Å². The summed E-state index contributed by atoms with van der Waals surface area (Å²) in [6.45, 7) is 2.26. The van der Waals surface area contributed by atoms with E-state index in [0.717, 1.165) is 10.1 Å². The van der Waals surface area contributed by atoms with E-state index in [4.69, 9.17) is 0 Å². The molecule has 0 radical (unpaired) electrons. The standard InChI is InChI=1S/C6H12SSe/c1-2-6(8)3-5-4-7-5/h5-6,8H,2-4H2,1H3. The van der Waals surface area contributed by atoms with Crippen molar-refractivity contribution in [2.45, 2.75) is 29.8 Å². The first-order valence-corrected chi connectivity index (χ1v) is 5.25. The minimum absolute atomic E-state index is 0.905. The summed E-state index contributed by atoms with van der Waals surface area (Å²) in [4.78, 5) is 0.905. The van der Waals surface area contributed by atoms with Crippen LogP contribution < -0.4 is 0 Å². The molecule has 0 bridgehead atoms. The molecule has 0 aromatic rings. The van der Waals surface area contributed by atoms with E-state index in [2.05, 4.69) is 34.7 Å². The second kappa shape index (κ2) is 3.14. The average Bonchev–Trinajstić information content (AvgIpc) is 2.50. The molecule has 0 aromatic carbocycles. The van der Waals surface area contributed by atoms with Gasteiger partial charge in [-0.05, 0) is 0 Å². The first kappa shape index (κ1) is 6.98. The molecule has 1 fully saturated rings. The van der Waals surface area contributed by atoms with Gasteiger partial charge in [0, 0.05) is 0 Å². The molecule has 2 atom stereocenters. The van der Waals surface area contributed by atoms with Crippen molar-refractivity contribution in [3.8, 4) is 0 Å². The predicted molar refractivity (Wildman–Crippen MR) is 42.1 cm³/mol. The molecule has 1 saturated heterocycles. The molecule has 2 heteroatoms. The van der Waals surface area contributed by atoms with Crippen LogP contribution in [0.15, 0.2) is 0 Å². The third-order valence-electron chi connectivity index (χ3n) is 1.41. The zero-order valence-electron chi connectivity index (χ0n) is 5.13. The summed E-state index contributed by atoms with van der Waals surface area (Å²) in [6, 6.07) is 0. The van der Waals surface area contributed by atoms with Crippen LogP contribution in [-0.4, -0.2) is 27.0 Å². The second-order valence-electron chi connectivity index (χ2n) is 2.25. The molecular formula is C6H12SSe. The van der Waals surface area contributed by atoms with E-state index < -0.39 is 0 Å². The third-order valence-corrected chi connectivity index (χ3v) is 3.61. The van der Waals surface area contributed by atoms with Crippen LogP contribution in [0, 0.1) is 0 Å². The Labute approximate surface area is 63.6 Å². The summed E-state index contributed by atoms with van der Waals surface area (Å²) in [7, 11) is 0. The summed E-state index contributed by atoms with van der Waals surface area (Å²) in [5.41, 5.74) is 0. The minimum atomic E-state index is 0.905. The van der Waals surface area contributed by atoms with Crippen molar-refractivity contribution in [1.29, 1.82) is 0 Å². The van der Waals surface area contributed by atoms with Gasteiger partial charge >= 0.3 is 63.4 Å². The molecule has 0 aromatic heterocycles. The molecule has 0 aliphatic carbocycles. The van der Waals surface area contributed by atoms with Gasteiger partial charge in [-0.2, -0.15) is 0 Å². The zero-order chi connectivity index (χ0) is 5.98. The van der Waals surface area contributed by atoms with E-state index in [1.165, 1.54) is 18.6 Å². The van der Waals surface area contributed by atoms with Crippen LogP contribution in [0.25, 0.3) is 0 Å². The Morgan fingerprint density at radius 3 is 2.88 bits per heavy atom. The number of hydrogen-bond acceptors (Lipinski definition) is 1. The Hall–Kier alpha value is 0.869. The van der Waals surface area contributed by atoms with Crippen molar-refractivity contribution in [3.05, 3.63) is 0 Å². The molecule has 0 saturated carbocycles. The quantitative estimate of drug-likeness (QED) is 0.487. The molecular weight excluding hydrogens is 183 g/mol. The van der Waals surface area contributed by atoms with E-state index in [-0.39, 0.29) is 0 Å². The summed E-state index contributed by atoms with van der Waals surface area (Å²) >= 11 is 4.87. The Balaban J connectivity index is 1.98. The van der Waals surface area contributed by atoms with Gasteiger partial charge in [0.1, 0.15) is 0 Å². The Bertz CT molecular complexity index is 70.9. The van der Waals surface area contributed by atoms with Crippen LogP contribution in [-0.2, 0) is 0 Å². The molecule has 1 aliphatic heterocycles. The van der Waals surface area contributed by atoms with Gasteiger partial charge in [-0.3, -0.25) is 0 Å². The van der Waals surface area contributed by atoms with Gasteiger partial charge in [-0.15, -0.1) is 0 Å². The molecule has 1 rings (SSSR count). The van der Waals surface area contributed by atoms with Crippen molar-refractivity contribution < 1.29 is 0 Å².